The smallest absolute Gasteiger partial charge is 0.338 e. The zero-order chi connectivity index (χ0) is 33.5. The topological polar surface area (TPSA) is 115 Å². The SMILES string of the molecule is Cc1c(C(=O)OC(C)(C)C)ccc2c1CC[C@@H]2NC(=O)c1cc(C(=O)NCc2ccc(F)c(F)c2)nc2cc(-c3ccccc3)nn12. The van der Waals surface area contributed by atoms with Gasteiger partial charge in [0.25, 0.3) is 11.8 Å². The Bertz CT molecular complexity index is 2040. The van der Waals surface area contributed by atoms with Gasteiger partial charge in [-0.25, -0.2) is 23.1 Å². The molecule has 0 saturated carbocycles. The van der Waals surface area contributed by atoms with Crippen LogP contribution in [-0.4, -0.2) is 38.0 Å². The van der Waals surface area contributed by atoms with Crippen LogP contribution in [0.3, 0.4) is 0 Å². The standard InChI is InChI=1S/C36H33F2N5O4/c1-20-23-13-15-28(25(23)12-11-24(20)35(46)47-36(2,3)4)41-34(45)31-17-30(33(44)39-19-21-10-14-26(37)27(38)16-21)40-32-18-29(42-43(31)32)22-8-6-5-7-9-22/h5-12,14,16-18,28H,13,15,19H2,1-4H3,(H,39,44)(H,41,45)/t28-/m0/s1. The van der Waals surface area contributed by atoms with Crippen molar-refractivity contribution >= 4 is 23.4 Å². The predicted octanol–water partition coefficient (Wildman–Crippen LogP) is 6.29. The van der Waals surface area contributed by atoms with Crippen molar-refractivity contribution in [2.45, 2.75) is 58.7 Å². The highest BCUT2D eigenvalue weighted by atomic mass is 19.2. The van der Waals surface area contributed by atoms with Gasteiger partial charge in [-0.2, -0.15) is 5.10 Å². The van der Waals surface area contributed by atoms with E-state index in [1.165, 1.54) is 16.6 Å². The molecule has 0 radical (unpaired) electrons. The molecule has 240 valence electrons. The van der Waals surface area contributed by atoms with Crippen LogP contribution in [0.4, 0.5) is 8.78 Å². The van der Waals surface area contributed by atoms with Crippen LogP contribution in [-0.2, 0) is 17.7 Å². The second-order valence-electron chi connectivity index (χ2n) is 12.5. The number of ether oxygens (including phenoxy) is 1. The predicted molar refractivity (Wildman–Crippen MR) is 171 cm³/mol. The first kappa shape index (κ1) is 31.5. The van der Waals surface area contributed by atoms with Crippen LogP contribution in [0.15, 0.2) is 72.8 Å². The van der Waals surface area contributed by atoms with E-state index in [1.807, 2.05) is 64.1 Å². The normalized spacial score (nSPS) is 14.1. The number of nitrogens with one attached hydrogen (secondary N) is 2. The number of esters is 1. The summed E-state index contributed by atoms with van der Waals surface area (Å²) in [6.07, 6.45) is 1.27. The molecule has 2 N–H and O–H groups in total. The van der Waals surface area contributed by atoms with E-state index >= 15 is 0 Å². The fourth-order valence-electron chi connectivity index (χ4n) is 5.74. The second-order valence-corrected chi connectivity index (χ2v) is 12.5. The Balaban J connectivity index is 1.30. The summed E-state index contributed by atoms with van der Waals surface area (Å²) in [6.45, 7) is 7.26. The molecule has 1 aliphatic carbocycles. The van der Waals surface area contributed by atoms with Gasteiger partial charge in [-0.05, 0) is 81.0 Å². The van der Waals surface area contributed by atoms with E-state index in [4.69, 9.17) is 4.74 Å². The minimum Gasteiger partial charge on any atom is -0.456 e. The highest BCUT2D eigenvalue weighted by Crippen LogP contribution is 2.35. The van der Waals surface area contributed by atoms with Crippen LogP contribution in [0.5, 0.6) is 0 Å². The molecule has 2 amide bonds. The Kier molecular flexibility index (Phi) is 8.31. The lowest BCUT2D eigenvalue weighted by Gasteiger charge is -2.21. The zero-order valence-corrected chi connectivity index (χ0v) is 26.4. The van der Waals surface area contributed by atoms with Gasteiger partial charge in [-0.15, -0.1) is 0 Å². The molecule has 2 heterocycles. The molecule has 0 fully saturated rings. The largest absolute Gasteiger partial charge is 0.456 e. The van der Waals surface area contributed by atoms with E-state index in [0.717, 1.165) is 34.4 Å². The van der Waals surface area contributed by atoms with Gasteiger partial charge in [0.05, 0.1) is 17.3 Å². The summed E-state index contributed by atoms with van der Waals surface area (Å²) in [6, 6.07) is 19.0. The average Bonchev–Trinajstić information content (AvgIpc) is 3.65. The quantitative estimate of drug-likeness (QED) is 0.203. The Labute approximate surface area is 270 Å². The number of carbonyl (C=O) groups is 3. The van der Waals surface area contributed by atoms with Crippen LogP contribution in [0.2, 0.25) is 0 Å². The summed E-state index contributed by atoms with van der Waals surface area (Å²) in [5.74, 6) is -3.48. The van der Waals surface area contributed by atoms with Crippen molar-refractivity contribution in [2.75, 3.05) is 0 Å². The minimum absolute atomic E-state index is 0.0468. The van der Waals surface area contributed by atoms with Crippen LogP contribution in [0, 0.1) is 18.6 Å². The first-order valence-electron chi connectivity index (χ1n) is 15.2. The third-order valence-corrected chi connectivity index (χ3v) is 8.02. The molecule has 0 spiro atoms. The van der Waals surface area contributed by atoms with Crippen molar-refractivity contribution in [2.24, 2.45) is 0 Å². The fraction of sp³-hybridized carbons (Fsp3) is 0.250. The Hall–Kier alpha value is -5.45. The van der Waals surface area contributed by atoms with Crippen LogP contribution >= 0.6 is 0 Å². The average molecular weight is 638 g/mol. The Morgan fingerprint density at radius 1 is 0.957 bits per heavy atom. The molecule has 0 saturated heterocycles. The maximum atomic E-state index is 13.9. The Morgan fingerprint density at radius 3 is 2.45 bits per heavy atom. The summed E-state index contributed by atoms with van der Waals surface area (Å²) in [5, 5.41) is 10.4. The van der Waals surface area contributed by atoms with E-state index in [1.54, 1.807) is 12.1 Å². The van der Waals surface area contributed by atoms with Gasteiger partial charge in [0.1, 0.15) is 17.0 Å². The van der Waals surface area contributed by atoms with Crippen molar-refractivity contribution < 1.29 is 27.9 Å². The van der Waals surface area contributed by atoms with Gasteiger partial charge in [-0.1, -0.05) is 42.5 Å². The van der Waals surface area contributed by atoms with Crippen LogP contribution in [0.25, 0.3) is 16.9 Å². The number of carbonyl (C=O) groups excluding carboxylic acids is 3. The lowest BCUT2D eigenvalue weighted by Crippen LogP contribution is -2.30. The zero-order valence-electron chi connectivity index (χ0n) is 26.4. The Morgan fingerprint density at radius 2 is 1.72 bits per heavy atom. The molecule has 1 aliphatic rings. The first-order chi connectivity index (χ1) is 22.4. The van der Waals surface area contributed by atoms with Gasteiger partial charge in [0.15, 0.2) is 17.3 Å². The third kappa shape index (κ3) is 6.60. The summed E-state index contributed by atoms with van der Waals surface area (Å²) in [5.41, 5.74) is 4.61. The molecule has 11 heteroatoms. The van der Waals surface area contributed by atoms with Gasteiger partial charge >= 0.3 is 5.97 Å². The van der Waals surface area contributed by atoms with Gasteiger partial charge in [0.2, 0.25) is 0 Å². The molecule has 0 aliphatic heterocycles. The molecular formula is C36H33F2N5O4. The van der Waals surface area contributed by atoms with Gasteiger partial charge < -0.3 is 15.4 Å². The monoisotopic (exact) mass is 637 g/mol. The number of fused-ring (bicyclic) bond motifs is 2. The number of hydrogen-bond acceptors (Lipinski definition) is 6. The van der Waals surface area contributed by atoms with Crippen molar-refractivity contribution in [1.29, 1.82) is 0 Å². The van der Waals surface area contributed by atoms with Crippen molar-refractivity contribution in [3.63, 3.8) is 0 Å². The van der Waals surface area contributed by atoms with Crippen LogP contribution < -0.4 is 10.6 Å². The van der Waals surface area contributed by atoms with Crippen molar-refractivity contribution in [3.05, 3.63) is 124 Å². The number of rotatable bonds is 7. The highest BCUT2D eigenvalue weighted by Gasteiger charge is 2.30. The summed E-state index contributed by atoms with van der Waals surface area (Å²) < 4.78 is 34.1. The van der Waals surface area contributed by atoms with Crippen molar-refractivity contribution in [1.82, 2.24) is 25.2 Å². The second kappa shape index (κ2) is 12.4. The summed E-state index contributed by atoms with van der Waals surface area (Å²) in [4.78, 5) is 44.5. The first-order valence-corrected chi connectivity index (χ1v) is 15.2. The number of amides is 2. The minimum atomic E-state index is -1.02. The molecule has 0 unspecified atom stereocenters. The van der Waals surface area contributed by atoms with E-state index < -0.39 is 35.0 Å². The van der Waals surface area contributed by atoms with E-state index in [2.05, 4.69) is 20.7 Å². The maximum absolute atomic E-state index is 13.9. The van der Waals surface area contributed by atoms with E-state index in [0.29, 0.717) is 29.7 Å². The molecule has 3 aromatic carbocycles. The van der Waals surface area contributed by atoms with Gasteiger partial charge in [0, 0.05) is 24.2 Å². The number of benzene rings is 3. The van der Waals surface area contributed by atoms with E-state index in [9.17, 15) is 23.2 Å². The number of halogens is 2. The molecule has 47 heavy (non-hydrogen) atoms. The highest BCUT2D eigenvalue weighted by molar-refractivity contribution is 5.99. The molecule has 9 nitrogen and oxygen atoms in total. The van der Waals surface area contributed by atoms with Crippen LogP contribution in [0.1, 0.15) is 86.8 Å². The van der Waals surface area contributed by atoms with E-state index in [-0.39, 0.29) is 29.6 Å². The molecule has 1 atom stereocenters. The third-order valence-electron chi connectivity index (χ3n) is 8.02. The van der Waals surface area contributed by atoms with Gasteiger partial charge in [-0.3, -0.25) is 9.59 Å². The maximum Gasteiger partial charge on any atom is 0.338 e. The molecule has 2 aromatic heterocycles. The molecule has 6 rings (SSSR count). The fourth-order valence-corrected chi connectivity index (χ4v) is 5.74. The number of nitrogens with zero attached hydrogens (tertiary/aromatic N) is 3. The molecule has 0 bridgehead atoms. The number of hydrogen-bond donors (Lipinski definition) is 2. The van der Waals surface area contributed by atoms with Crippen molar-refractivity contribution in [3.8, 4) is 11.3 Å². The number of aromatic nitrogens is 3. The molecule has 5 aromatic rings. The summed E-state index contributed by atoms with van der Waals surface area (Å²) >= 11 is 0. The summed E-state index contributed by atoms with van der Waals surface area (Å²) in [7, 11) is 0. The lowest BCUT2D eigenvalue weighted by atomic mass is 9.97. The molecular weight excluding hydrogens is 604 g/mol. The lowest BCUT2D eigenvalue weighted by molar-refractivity contribution is 0.00683.